The van der Waals surface area contributed by atoms with Crippen molar-refractivity contribution in [3.05, 3.63) is 170 Å². The lowest BCUT2D eigenvalue weighted by atomic mass is 10.0. The van der Waals surface area contributed by atoms with Gasteiger partial charge in [0.25, 0.3) is 0 Å². The Bertz CT molecular complexity index is 2700. The molecule has 0 radical (unpaired) electrons. The summed E-state index contributed by atoms with van der Waals surface area (Å²) >= 11 is 0. The summed E-state index contributed by atoms with van der Waals surface area (Å²) in [5.41, 5.74) is 0. The number of unbranched alkanes of at least 4 members (excludes halogenated alkanes) is 30. The summed E-state index contributed by atoms with van der Waals surface area (Å²) in [5, 5.41) is 20.7. The third-order valence-electron chi connectivity index (χ3n) is 17.9. The molecule has 0 heterocycles. The van der Waals surface area contributed by atoms with Gasteiger partial charge in [0, 0.05) is 19.3 Å². The highest BCUT2D eigenvalue weighted by atomic mass is 31.2. The molecule has 0 spiro atoms. The van der Waals surface area contributed by atoms with E-state index in [0.717, 1.165) is 154 Å². The molecule has 634 valence electrons. The molecular formula is C93H156O16P2. The van der Waals surface area contributed by atoms with Crippen LogP contribution in [-0.4, -0.2) is 95.9 Å². The normalized spacial score (nSPS) is 14.7. The largest absolute Gasteiger partial charge is 0.472 e. The molecule has 0 aliphatic carbocycles. The van der Waals surface area contributed by atoms with Crippen LogP contribution in [0.25, 0.3) is 0 Å². The fourth-order valence-corrected chi connectivity index (χ4v) is 13.0. The van der Waals surface area contributed by atoms with Crippen LogP contribution in [0.3, 0.4) is 0 Å². The number of hydrogen-bond acceptors (Lipinski definition) is 14. The summed E-state index contributed by atoms with van der Waals surface area (Å²) in [5.74, 6) is -1.64. The van der Waals surface area contributed by atoms with Crippen molar-refractivity contribution in [2.75, 3.05) is 39.6 Å². The van der Waals surface area contributed by atoms with Crippen LogP contribution in [-0.2, 0) is 55.8 Å². The molecule has 0 aromatic rings. The van der Waals surface area contributed by atoms with Crippen molar-refractivity contribution >= 4 is 33.6 Å². The molecule has 5 unspecified atom stereocenters. The molecule has 0 aromatic carbocycles. The number of allylic oxidation sites excluding steroid dienone is 28. The first-order chi connectivity index (χ1) is 54.2. The Morgan fingerprint density at radius 2 is 0.477 bits per heavy atom. The van der Waals surface area contributed by atoms with Crippen LogP contribution in [0, 0.1) is 0 Å². The number of rotatable bonds is 81. The van der Waals surface area contributed by atoms with E-state index in [4.69, 9.17) is 32.3 Å². The van der Waals surface area contributed by atoms with Gasteiger partial charge in [0.05, 0.1) is 26.4 Å². The van der Waals surface area contributed by atoms with Gasteiger partial charge in [-0.3, -0.25) is 32.5 Å². The molecule has 0 fully saturated rings. The minimum Gasteiger partial charge on any atom is -0.463 e. The SMILES string of the molecule is CC/C=C\C/C=C\C/C=C\C/C=C\C/C=C\C/C=C\CCCCC(=O)OCC(COP(=O)(O)OCC(O)COP(=O)(O)OCC(O)COC(=O)CCCCCCCCCCCCCCCCCCCCC/C=C\C/C=C\C/C=C\C/C=C\CCCCC)OC(=O)CCCCCCCC/C=C\C/C=C\C/C=C\C/C=C\CC. The van der Waals surface area contributed by atoms with Gasteiger partial charge in [-0.05, 0) is 154 Å². The van der Waals surface area contributed by atoms with Crippen molar-refractivity contribution in [1.29, 1.82) is 0 Å². The molecule has 16 nitrogen and oxygen atoms in total. The molecular weight excluding hydrogens is 1430 g/mol. The van der Waals surface area contributed by atoms with Gasteiger partial charge in [-0.2, -0.15) is 0 Å². The van der Waals surface area contributed by atoms with Crippen LogP contribution < -0.4 is 0 Å². The maximum atomic E-state index is 13.0. The summed E-state index contributed by atoms with van der Waals surface area (Å²) in [4.78, 5) is 58.8. The Morgan fingerprint density at radius 1 is 0.261 bits per heavy atom. The standard InChI is InChI=1S/C93H156O16P2/c1-4-7-10-13-16-19-22-25-28-31-34-36-37-38-39-40-41-42-43-44-45-46-47-48-49-51-54-55-58-61-64-67-70-73-76-79-91(96)103-82-88(94)83-105-110(99,100)106-84-89(95)85-107-111(101,102)108-87-90(109-93(98)81-78-75-72-69-66-63-60-57-52-33-30-27-24-21-18-15-12-9-6-3)86-104-92(97)80-77-74-71-68-65-62-59-56-53-50-35-32-29-26-23-20-17-14-11-8-5-2/h8-9,11-12,16-21,25-30,34-36,38-39,50,52,56-57,59,65,68,88-90,94-95H,4-7,10,13-15,22-24,31-33,37,40-49,51,53-55,58,60-64,66-67,69-87H2,1-3H3,(H,99,100)(H,101,102)/b11-8-,12-9-,19-16-,20-17-,21-18-,28-25-,29-26-,30-27-,36-34-,39-38-,50-35-,57-52-,59-56-,68-65-. The van der Waals surface area contributed by atoms with E-state index >= 15 is 0 Å². The van der Waals surface area contributed by atoms with Gasteiger partial charge in [-0.1, -0.05) is 339 Å². The Morgan fingerprint density at radius 3 is 0.775 bits per heavy atom. The second-order valence-electron chi connectivity index (χ2n) is 28.6. The topological polar surface area (TPSA) is 231 Å². The lowest BCUT2D eigenvalue weighted by Crippen LogP contribution is -2.30. The monoisotopic (exact) mass is 1590 g/mol. The smallest absolute Gasteiger partial charge is 0.463 e. The molecule has 0 rings (SSSR count). The summed E-state index contributed by atoms with van der Waals surface area (Å²) < 4.78 is 61.2. The number of phosphoric ester groups is 2. The first-order valence-electron chi connectivity index (χ1n) is 43.4. The molecule has 0 aliphatic rings. The van der Waals surface area contributed by atoms with Crippen molar-refractivity contribution in [3.8, 4) is 0 Å². The average molecular weight is 1590 g/mol. The molecule has 0 aliphatic heterocycles. The van der Waals surface area contributed by atoms with E-state index in [1.807, 2.05) is 0 Å². The van der Waals surface area contributed by atoms with Crippen molar-refractivity contribution in [3.63, 3.8) is 0 Å². The van der Waals surface area contributed by atoms with E-state index in [0.29, 0.717) is 19.3 Å². The number of aliphatic hydroxyl groups excluding tert-OH is 2. The molecule has 0 aromatic heterocycles. The van der Waals surface area contributed by atoms with E-state index < -0.39 is 91.5 Å². The van der Waals surface area contributed by atoms with Gasteiger partial charge in [-0.15, -0.1) is 0 Å². The highest BCUT2D eigenvalue weighted by molar-refractivity contribution is 7.47. The van der Waals surface area contributed by atoms with Crippen molar-refractivity contribution in [2.24, 2.45) is 0 Å². The Kier molecular flexibility index (Phi) is 80.4. The molecule has 0 saturated heterocycles. The first kappa shape index (κ1) is 106. The zero-order valence-corrected chi connectivity index (χ0v) is 71.4. The van der Waals surface area contributed by atoms with Gasteiger partial charge in [-0.25, -0.2) is 9.13 Å². The molecule has 0 bridgehead atoms. The Hall–Kier alpha value is -5.09. The quantitative estimate of drug-likeness (QED) is 0.0146. The van der Waals surface area contributed by atoms with Crippen molar-refractivity contribution in [2.45, 2.75) is 360 Å². The second kappa shape index (κ2) is 84.3. The zero-order chi connectivity index (χ0) is 80.8. The lowest BCUT2D eigenvalue weighted by Gasteiger charge is -2.21. The highest BCUT2D eigenvalue weighted by Gasteiger charge is 2.29. The van der Waals surface area contributed by atoms with Crippen LogP contribution in [0.2, 0.25) is 0 Å². The van der Waals surface area contributed by atoms with Crippen LogP contribution in [0.5, 0.6) is 0 Å². The molecule has 5 atom stereocenters. The van der Waals surface area contributed by atoms with Crippen molar-refractivity contribution < 1.29 is 75.8 Å². The predicted molar refractivity (Wildman–Crippen MR) is 463 cm³/mol. The molecule has 18 heteroatoms. The van der Waals surface area contributed by atoms with E-state index in [9.17, 15) is 43.5 Å². The molecule has 4 N–H and O–H groups in total. The summed E-state index contributed by atoms with van der Waals surface area (Å²) in [6, 6.07) is 0. The summed E-state index contributed by atoms with van der Waals surface area (Å²) in [6.07, 6.45) is 108. The fourth-order valence-electron chi connectivity index (χ4n) is 11.4. The van der Waals surface area contributed by atoms with Crippen molar-refractivity contribution in [1.82, 2.24) is 0 Å². The number of aliphatic hydroxyl groups is 2. The number of phosphoric acid groups is 2. The fraction of sp³-hybridized carbons (Fsp3) is 0.667. The van der Waals surface area contributed by atoms with Gasteiger partial charge >= 0.3 is 33.6 Å². The Labute approximate surface area is 675 Å². The molecule has 0 saturated carbocycles. The number of hydrogen-bond donors (Lipinski definition) is 4. The highest BCUT2D eigenvalue weighted by Crippen LogP contribution is 2.45. The van der Waals surface area contributed by atoms with E-state index in [1.54, 1.807) is 0 Å². The molecule has 111 heavy (non-hydrogen) atoms. The van der Waals surface area contributed by atoms with E-state index in [-0.39, 0.29) is 19.3 Å². The third-order valence-corrected chi connectivity index (χ3v) is 19.8. The van der Waals surface area contributed by atoms with Gasteiger partial charge in [0.15, 0.2) is 6.10 Å². The number of ether oxygens (including phenoxy) is 3. The predicted octanol–water partition coefficient (Wildman–Crippen LogP) is 26.3. The first-order valence-corrected chi connectivity index (χ1v) is 46.4. The summed E-state index contributed by atoms with van der Waals surface area (Å²) in [7, 11) is -9.82. The minimum absolute atomic E-state index is 0.0726. The summed E-state index contributed by atoms with van der Waals surface area (Å²) in [6.45, 7) is 2.37. The lowest BCUT2D eigenvalue weighted by molar-refractivity contribution is -0.161. The van der Waals surface area contributed by atoms with Gasteiger partial charge in [0.1, 0.15) is 25.4 Å². The third kappa shape index (κ3) is 85.6. The minimum atomic E-state index is -4.96. The number of carbonyl (C=O) groups is 3. The van der Waals surface area contributed by atoms with Crippen LogP contribution in [0.1, 0.15) is 342 Å². The maximum absolute atomic E-state index is 13.0. The van der Waals surface area contributed by atoms with Crippen LogP contribution in [0.4, 0.5) is 0 Å². The Balaban J connectivity index is 4.52. The number of esters is 3. The number of carbonyl (C=O) groups excluding carboxylic acids is 3. The van der Waals surface area contributed by atoms with Crippen LogP contribution in [0.15, 0.2) is 170 Å². The molecule has 0 amide bonds. The second-order valence-corrected chi connectivity index (χ2v) is 31.5. The van der Waals surface area contributed by atoms with Gasteiger partial charge in [0.2, 0.25) is 0 Å². The van der Waals surface area contributed by atoms with E-state index in [1.165, 1.54) is 128 Å². The average Bonchev–Trinajstić information content (AvgIpc) is 0.902. The van der Waals surface area contributed by atoms with Crippen LogP contribution >= 0.6 is 15.6 Å². The maximum Gasteiger partial charge on any atom is 0.472 e. The van der Waals surface area contributed by atoms with E-state index in [2.05, 4.69) is 191 Å². The van der Waals surface area contributed by atoms with Gasteiger partial charge < -0.3 is 34.2 Å². The zero-order valence-electron chi connectivity index (χ0n) is 69.6.